The molecule has 1 saturated carbocycles. The lowest BCUT2D eigenvalue weighted by molar-refractivity contribution is 0.332. The topological polar surface area (TPSA) is 3.24 Å². The molecule has 63 heavy (non-hydrogen) atoms. The molecule has 1 heteroatoms. The summed E-state index contributed by atoms with van der Waals surface area (Å²) in [7, 11) is 0. The van der Waals surface area contributed by atoms with Crippen molar-refractivity contribution in [3.8, 4) is 11.1 Å². The third-order valence-corrected chi connectivity index (χ3v) is 15.4. The molecule has 302 valence electrons. The van der Waals surface area contributed by atoms with E-state index in [0.29, 0.717) is 23.7 Å². The monoisotopic (exact) mass is 807 g/mol. The fourth-order valence-corrected chi connectivity index (χ4v) is 12.7. The summed E-state index contributed by atoms with van der Waals surface area (Å²) in [5.74, 6) is 1.79. The van der Waals surface area contributed by atoms with E-state index in [0.717, 1.165) is 0 Å². The van der Waals surface area contributed by atoms with Crippen LogP contribution >= 0.6 is 0 Å². The number of hydrogen-bond acceptors (Lipinski definition) is 1. The van der Waals surface area contributed by atoms with Crippen LogP contribution in [-0.2, 0) is 5.41 Å². The van der Waals surface area contributed by atoms with E-state index < -0.39 is 0 Å². The van der Waals surface area contributed by atoms with Gasteiger partial charge in [-0.25, -0.2) is 0 Å². The van der Waals surface area contributed by atoms with E-state index in [4.69, 9.17) is 0 Å². The van der Waals surface area contributed by atoms with Crippen molar-refractivity contribution in [1.29, 1.82) is 0 Å². The molecule has 8 aromatic carbocycles. The highest BCUT2D eigenvalue weighted by atomic mass is 15.1. The third kappa shape index (κ3) is 5.83. The number of nitrogens with zero attached hydrogens (tertiary/aromatic N) is 1. The second-order valence-electron chi connectivity index (χ2n) is 18.7. The lowest BCUT2D eigenvalue weighted by Gasteiger charge is -2.50. The van der Waals surface area contributed by atoms with Gasteiger partial charge >= 0.3 is 0 Å². The van der Waals surface area contributed by atoms with Crippen LogP contribution in [0.2, 0.25) is 0 Å². The van der Waals surface area contributed by atoms with Crippen LogP contribution in [0.25, 0.3) is 39.6 Å². The van der Waals surface area contributed by atoms with Crippen LogP contribution in [0.15, 0.2) is 200 Å². The van der Waals surface area contributed by atoms with Crippen LogP contribution in [0.4, 0.5) is 17.1 Å². The number of benzene rings is 8. The maximum absolute atomic E-state index is 2.60. The van der Waals surface area contributed by atoms with Crippen molar-refractivity contribution in [2.75, 3.05) is 4.90 Å². The predicted octanol–water partition coefficient (Wildman–Crippen LogP) is 16.2. The Bertz CT molecular complexity index is 3090. The summed E-state index contributed by atoms with van der Waals surface area (Å²) in [4.78, 5) is 2.41. The van der Waals surface area contributed by atoms with Gasteiger partial charge in [0.25, 0.3) is 0 Å². The summed E-state index contributed by atoms with van der Waals surface area (Å²) in [6.45, 7) is 0. The molecule has 0 saturated heterocycles. The minimum Gasteiger partial charge on any atom is -0.310 e. The first-order chi connectivity index (χ1) is 31.2. The van der Waals surface area contributed by atoms with E-state index >= 15 is 0 Å². The largest absolute Gasteiger partial charge is 0.310 e. The average molecular weight is 808 g/mol. The van der Waals surface area contributed by atoms with Gasteiger partial charge in [-0.15, -0.1) is 0 Å². The van der Waals surface area contributed by atoms with E-state index in [1.54, 1.807) is 0 Å². The third-order valence-electron chi connectivity index (χ3n) is 15.4. The number of allylic oxidation sites excluding steroid dienone is 4. The van der Waals surface area contributed by atoms with Crippen molar-refractivity contribution in [3.05, 3.63) is 250 Å². The number of para-hydroxylation sites is 2. The maximum atomic E-state index is 2.60. The highest BCUT2D eigenvalue weighted by Gasteiger charge is 2.49. The number of hydrogen-bond donors (Lipinski definition) is 0. The summed E-state index contributed by atoms with van der Waals surface area (Å²) in [6, 6.07) is 68.5. The minimum atomic E-state index is 0.0396. The molecule has 8 aromatic rings. The van der Waals surface area contributed by atoms with Crippen LogP contribution in [0.3, 0.4) is 0 Å². The molecule has 2 unspecified atom stereocenters. The average Bonchev–Trinajstić information content (AvgIpc) is 3.60. The smallest absolute Gasteiger partial charge is 0.0465 e. The molecule has 14 rings (SSSR count). The first-order valence-electron chi connectivity index (χ1n) is 23.2. The molecule has 6 aliphatic rings. The van der Waals surface area contributed by atoms with Crippen LogP contribution in [-0.4, -0.2) is 0 Å². The molecule has 0 aromatic heterocycles. The standard InChI is InChI=1S/C62H49N/c1-4-14-47(15-5-1)63(48-16-6-2-7-17-48)49-30-33-51-50-31-25-42(37-58(50)62(59(51)40-49)34-12-3-13-35-62)23-22-41-24-26-44-38-45(28-27-43(44)36-41)46-29-32-56-57(39-46)61-54-20-10-8-18-52(54)60(56)53-19-9-11-21-55(53)61/h1-2,4-11,14-33,36-40,56-57,60-61H,3,12-13,34-35H2/b23-22+. The fraction of sp³-hybridized carbons (Fsp3) is 0.161. The minimum absolute atomic E-state index is 0.0396. The molecule has 0 radical (unpaired) electrons. The molecule has 2 atom stereocenters. The molecular weight excluding hydrogens is 759 g/mol. The molecule has 6 aliphatic carbocycles. The van der Waals surface area contributed by atoms with Crippen LogP contribution in [0, 0.1) is 11.8 Å². The molecule has 0 N–H and O–H groups in total. The van der Waals surface area contributed by atoms with Crippen LogP contribution in [0.1, 0.15) is 94.0 Å². The van der Waals surface area contributed by atoms with Crippen molar-refractivity contribution >= 4 is 45.6 Å². The van der Waals surface area contributed by atoms with E-state index in [1.807, 2.05) is 0 Å². The van der Waals surface area contributed by atoms with Gasteiger partial charge in [0, 0.05) is 34.3 Å². The summed E-state index contributed by atoms with van der Waals surface area (Å²) < 4.78 is 0. The second-order valence-corrected chi connectivity index (χ2v) is 18.7. The normalized spacial score (nSPS) is 20.8. The lowest BCUT2D eigenvalue weighted by Crippen LogP contribution is -2.39. The first kappa shape index (κ1) is 36.7. The van der Waals surface area contributed by atoms with Gasteiger partial charge in [0.2, 0.25) is 0 Å². The zero-order chi connectivity index (χ0) is 41.5. The van der Waals surface area contributed by atoms with Crippen LogP contribution in [0.5, 0.6) is 0 Å². The van der Waals surface area contributed by atoms with Gasteiger partial charge in [-0.05, 0) is 151 Å². The summed E-state index contributed by atoms with van der Waals surface area (Å²) in [6.07, 6.45) is 18.4. The second kappa shape index (κ2) is 14.6. The summed E-state index contributed by atoms with van der Waals surface area (Å²) >= 11 is 0. The Morgan fingerprint density at radius 3 is 1.65 bits per heavy atom. The Labute approximate surface area is 371 Å². The summed E-state index contributed by atoms with van der Waals surface area (Å²) in [5.41, 5.74) is 20.7. The van der Waals surface area contributed by atoms with Gasteiger partial charge in [0.1, 0.15) is 0 Å². The molecule has 1 nitrogen and oxygen atoms in total. The van der Waals surface area contributed by atoms with Gasteiger partial charge in [0.05, 0.1) is 0 Å². The molecule has 2 bridgehead atoms. The van der Waals surface area contributed by atoms with Gasteiger partial charge in [0.15, 0.2) is 0 Å². The van der Waals surface area contributed by atoms with Crippen molar-refractivity contribution in [2.24, 2.45) is 11.8 Å². The quantitative estimate of drug-likeness (QED) is 0.151. The zero-order valence-electron chi connectivity index (χ0n) is 35.5. The number of rotatable bonds is 6. The molecule has 0 amide bonds. The van der Waals surface area contributed by atoms with Crippen molar-refractivity contribution < 1.29 is 0 Å². The van der Waals surface area contributed by atoms with E-state index in [1.165, 1.54) is 127 Å². The first-order valence-corrected chi connectivity index (χ1v) is 23.2. The molecule has 0 heterocycles. The maximum Gasteiger partial charge on any atom is 0.0465 e. The summed E-state index contributed by atoms with van der Waals surface area (Å²) in [5, 5.41) is 2.56. The van der Waals surface area contributed by atoms with Crippen LogP contribution < -0.4 is 4.90 Å². The Morgan fingerprint density at radius 2 is 0.984 bits per heavy atom. The Hall–Kier alpha value is -6.96. The molecule has 1 fully saturated rings. The van der Waals surface area contributed by atoms with Gasteiger partial charge in [-0.2, -0.15) is 0 Å². The fourth-order valence-electron chi connectivity index (χ4n) is 12.7. The molecule has 0 aliphatic heterocycles. The Morgan fingerprint density at radius 1 is 0.444 bits per heavy atom. The zero-order valence-corrected chi connectivity index (χ0v) is 35.5. The van der Waals surface area contributed by atoms with E-state index in [2.05, 4.69) is 217 Å². The van der Waals surface area contributed by atoms with E-state index in [-0.39, 0.29) is 5.41 Å². The number of anilines is 3. The number of fused-ring (bicyclic) bond motifs is 6. The van der Waals surface area contributed by atoms with Gasteiger partial charge in [-0.3, -0.25) is 0 Å². The van der Waals surface area contributed by atoms with Gasteiger partial charge < -0.3 is 4.90 Å². The predicted molar refractivity (Wildman–Crippen MR) is 264 cm³/mol. The Balaban J connectivity index is 0.793. The van der Waals surface area contributed by atoms with Crippen molar-refractivity contribution in [1.82, 2.24) is 0 Å². The highest BCUT2D eigenvalue weighted by molar-refractivity contribution is 5.91. The van der Waals surface area contributed by atoms with E-state index in [9.17, 15) is 0 Å². The highest BCUT2D eigenvalue weighted by Crippen LogP contribution is 2.61. The molecular formula is C62H49N. The SMILES string of the molecule is C1=CC2C3c4ccccc4C(c4ccccc43)C2C=C1c1ccc2cc(/C=C/c3ccc4c(c3)C3(CCCCC3)c3cc(N(c5ccccc5)c5ccccc5)ccc3-4)ccc2c1. The van der Waals surface area contributed by atoms with Gasteiger partial charge in [-0.1, -0.05) is 183 Å². The molecule has 1 spiro atoms. The lowest BCUT2D eigenvalue weighted by atomic mass is 9.53. The van der Waals surface area contributed by atoms with Crippen molar-refractivity contribution in [2.45, 2.75) is 49.4 Å². The van der Waals surface area contributed by atoms with Crippen molar-refractivity contribution in [3.63, 3.8) is 0 Å². The Kier molecular flexibility index (Phi) is 8.48.